The van der Waals surface area contributed by atoms with E-state index in [9.17, 15) is 4.21 Å². The van der Waals surface area contributed by atoms with Crippen LogP contribution in [0.5, 0.6) is 0 Å². The van der Waals surface area contributed by atoms with Crippen LogP contribution < -0.4 is 10.6 Å². The number of benzene rings is 1. The highest BCUT2D eigenvalue weighted by atomic mass is 35.5. The van der Waals surface area contributed by atoms with Crippen molar-refractivity contribution in [3.63, 3.8) is 0 Å². The molecule has 3 unspecified atom stereocenters. The van der Waals surface area contributed by atoms with Crippen molar-refractivity contribution in [1.29, 1.82) is 0 Å². The molecule has 25 heavy (non-hydrogen) atoms. The molecule has 140 valence electrons. The van der Waals surface area contributed by atoms with Crippen LogP contribution in [0.1, 0.15) is 45.1 Å². The first-order chi connectivity index (χ1) is 12.1. The lowest BCUT2D eigenvalue weighted by atomic mass is 9.95. The average Bonchev–Trinajstić information content (AvgIpc) is 2.63. The van der Waals surface area contributed by atoms with Gasteiger partial charge in [0, 0.05) is 46.0 Å². The number of nitrogens with one attached hydrogen (secondary N) is 2. The Bertz CT molecular complexity index is 577. The summed E-state index contributed by atoms with van der Waals surface area (Å²) in [5, 5.41) is 7.96. The standard InChI is InChI=1S/C19H30ClN3OS/c1-3-21-19(22-13-12-15-8-10-16(20)11-9-15)23-17-6-5-7-18(14-17)25(24)4-2/h8-11,17-18H,3-7,12-14H2,1-2H3,(H2,21,22,23). The van der Waals surface area contributed by atoms with E-state index >= 15 is 0 Å². The molecule has 1 aliphatic rings. The van der Waals surface area contributed by atoms with Gasteiger partial charge in [0.25, 0.3) is 0 Å². The van der Waals surface area contributed by atoms with Gasteiger partial charge in [0.15, 0.2) is 5.96 Å². The second kappa shape index (κ2) is 10.8. The Kier molecular flexibility index (Phi) is 8.76. The molecule has 0 saturated heterocycles. The van der Waals surface area contributed by atoms with E-state index < -0.39 is 10.8 Å². The number of hydrogen-bond donors (Lipinski definition) is 2. The normalized spacial score (nSPS) is 22.4. The summed E-state index contributed by atoms with van der Waals surface area (Å²) in [6.07, 6.45) is 5.21. The lowest BCUT2D eigenvalue weighted by Gasteiger charge is -2.30. The van der Waals surface area contributed by atoms with E-state index in [4.69, 9.17) is 16.6 Å². The minimum absolute atomic E-state index is 0.327. The van der Waals surface area contributed by atoms with Gasteiger partial charge in [-0.25, -0.2) is 0 Å². The quantitative estimate of drug-likeness (QED) is 0.559. The molecule has 1 fully saturated rings. The summed E-state index contributed by atoms with van der Waals surface area (Å²) in [5.41, 5.74) is 1.24. The fourth-order valence-electron chi connectivity index (χ4n) is 3.21. The molecule has 6 heteroatoms. The van der Waals surface area contributed by atoms with E-state index in [-0.39, 0.29) is 0 Å². The second-order valence-electron chi connectivity index (χ2n) is 6.44. The molecule has 0 aromatic heterocycles. The van der Waals surface area contributed by atoms with Crippen LogP contribution in [0, 0.1) is 0 Å². The lowest BCUT2D eigenvalue weighted by Crippen LogP contribution is -2.46. The first-order valence-electron chi connectivity index (χ1n) is 9.28. The fourth-order valence-corrected chi connectivity index (χ4v) is 4.69. The van der Waals surface area contributed by atoms with Crippen LogP contribution in [0.2, 0.25) is 5.02 Å². The summed E-state index contributed by atoms with van der Waals surface area (Å²) >= 11 is 5.92. The molecule has 1 aliphatic carbocycles. The molecule has 0 amide bonds. The van der Waals surface area contributed by atoms with Crippen molar-refractivity contribution in [2.75, 3.05) is 18.8 Å². The fraction of sp³-hybridized carbons (Fsp3) is 0.632. The Morgan fingerprint density at radius 1 is 1.28 bits per heavy atom. The number of aliphatic imine (C=N–C) groups is 1. The third-order valence-electron chi connectivity index (χ3n) is 4.55. The smallest absolute Gasteiger partial charge is 0.191 e. The highest BCUT2D eigenvalue weighted by molar-refractivity contribution is 7.85. The van der Waals surface area contributed by atoms with E-state index in [1.807, 2.05) is 31.2 Å². The van der Waals surface area contributed by atoms with Gasteiger partial charge in [-0.1, -0.05) is 37.1 Å². The Hall–Kier alpha value is -1.07. The molecule has 1 saturated carbocycles. The highest BCUT2D eigenvalue weighted by Crippen LogP contribution is 2.23. The van der Waals surface area contributed by atoms with Crippen molar-refractivity contribution in [3.8, 4) is 0 Å². The Labute approximate surface area is 159 Å². The second-order valence-corrected chi connectivity index (χ2v) is 8.88. The van der Waals surface area contributed by atoms with Crippen LogP contribution in [0.4, 0.5) is 0 Å². The van der Waals surface area contributed by atoms with Gasteiger partial charge in [0.2, 0.25) is 0 Å². The van der Waals surface area contributed by atoms with E-state index in [2.05, 4.69) is 17.6 Å². The number of nitrogens with zero attached hydrogens (tertiary/aromatic N) is 1. The van der Waals surface area contributed by atoms with Crippen molar-refractivity contribution in [2.45, 2.75) is 57.2 Å². The van der Waals surface area contributed by atoms with Crippen molar-refractivity contribution in [1.82, 2.24) is 10.6 Å². The molecule has 0 spiro atoms. The number of halogens is 1. The average molecular weight is 384 g/mol. The van der Waals surface area contributed by atoms with Crippen LogP contribution in [0.25, 0.3) is 0 Å². The largest absolute Gasteiger partial charge is 0.357 e. The zero-order chi connectivity index (χ0) is 18.1. The molecule has 1 aromatic carbocycles. The first-order valence-corrected chi connectivity index (χ1v) is 11.0. The summed E-state index contributed by atoms with van der Waals surface area (Å²) in [7, 11) is -0.696. The predicted molar refractivity (Wildman–Crippen MR) is 109 cm³/mol. The van der Waals surface area contributed by atoms with Crippen LogP contribution in [-0.2, 0) is 17.2 Å². The summed E-state index contributed by atoms with van der Waals surface area (Å²) in [6, 6.07) is 8.29. The van der Waals surface area contributed by atoms with Gasteiger partial charge in [0.1, 0.15) is 0 Å². The summed E-state index contributed by atoms with van der Waals surface area (Å²) in [5.74, 6) is 1.62. The van der Waals surface area contributed by atoms with Gasteiger partial charge in [-0.2, -0.15) is 0 Å². The maximum Gasteiger partial charge on any atom is 0.191 e. The van der Waals surface area contributed by atoms with Crippen molar-refractivity contribution in [2.24, 2.45) is 4.99 Å². The molecular formula is C19H30ClN3OS. The topological polar surface area (TPSA) is 53.5 Å². The Morgan fingerprint density at radius 3 is 2.72 bits per heavy atom. The van der Waals surface area contributed by atoms with Gasteiger partial charge in [-0.3, -0.25) is 9.20 Å². The van der Waals surface area contributed by atoms with Gasteiger partial charge >= 0.3 is 0 Å². The van der Waals surface area contributed by atoms with E-state index in [0.29, 0.717) is 11.3 Å². The third kappa shape index (κ3) is 6.98. The van der Waals surface area contributed by atoms with Crippen molar-refractivity contribution in [3.05, 3.63) is 34.9 Å². The van der Waals surface area contributed by atoms with E-state index in [1.165, 1.54) is 5.56 Å². The van der Waals surface area contributed by atoms with Crippen LogP contribution in [-0.4, -0.2) is 40.3 Å². The van der Waals surface area contributed by atoms with Gasteiger partial charge in [-0.15, -0.1) is 0 Å². The molecular weight excluding hydrogens is 354 g/mol. The molecule has 0 aliphatic heterocycles. The molecule has 0 heterocycles. The number of hydrogen-bond acceptors (Lipinski definition) is 2. The van der Waals surface area contributed by atoms with Crippen molar-refractivity contribution >= 4 is 28.4 Å². The van der Waals surface area contributed by atoms with Crippen LogP contribution in [0.3, 0.4) is 0 Å². The zero-order valence-electron chi connectivity index (χ0n) is 15.3. The molecule has 0 bridgehead atoms. The Balaban J connectivity index is 1.88. The summed E-state index contributed by atoms with van der Waals surface area (Å²) < 4.78 is 12.1. The number of rotatable bonds is 7. The minimum Gasteiger partial charge on any atom is -0.357 e. The maximum absolute atomic E-state index is 12.1. The monoisotopic (exact) mass is 383 g/mol. The van der Waals surface area contributed by atoms with Gasteiger partial charge in [-0.05, 0) is 50.3 Å². The highest BCUT2D eigenvalue weighted by Gasteiger charge is 2.25. The minimum atomic E-state index is -0.696. The summed E-state index contributed by atoms with van der Waals surface area (Å²) in [6.45, 7) is 5.65. The van der Waals surface area contributed by atoms with E-state index in [0.717, 1.165) is 61.9 Å². The molecule has 2 rings (SSSR count). The third-order valence-corrected chi connectivity index (χ3v) is 6.54. The Morgan fingerprint density at radius 2 is 2.04 bits per heavy atom. The molecule has 3 atom stereocenters. The summed E-state index contributed by atoms with van der Waals surface area (Å²) in [4.78, 5) is 4.70. The number of guanidine groups is 1. The van der Waals surface area contributed by atoms with Crippen molar-refractivity contribution < 1.29 is 4.21 Å². The van der Waals surface area contributed by atoms with Crippen LogP contribution in [0.15, 0.2) is 29.3 Å². The zero-order valence-corrected chi connectivity index (χ0v) is 16.8. The van der Waals surface area contributed by atoms with Gasteiger partial charge < -0.3 is 10.6 Å². The SMILES string of the molecule is CCNC(=NCCc1ccc(Cl)cc1)NC1CCCC(S(=O)CC)C1. The lowest BCUT2D eigenvalue weighted by molar-refractivity contribution is 0.413. The first kappa shape index (κ1) is 20.2. The van der Waals surface area contributed by atoms with Gasteiger partial charge in [0.05, 0.1) is 0 Å². The van der Waals surface area contributed by atoms with E-state index in [1.54, 1.807) is 0 Å². The molecule has 2 N–H and O–H groups in total. The molecule has 4 nitrogen and oxygen atoms in total. The van der Waals surface area contributed by atoms with Crippen LogP contribution >= 0.6 is 11.6 Å². The maximum atomic E-state index is 12.1. The molecule has 0 radical (unpaired) electrons. The predicted octanol–water partition coefficient (Wildman–Crippen LogP) is 3.52. The molecule has 1 aromatic rings.